The van der Waals surface area contributed by atoms with Gasteiger partial charge in [-0.15, -0.1) is 11.3 Å². The predicted molar refractivity (Wildman–Crippen MR) is 61.4 cm³/mol. The molecule has 5 nitrogen and oxygen atoms in total. The summed E-state index contributed by atoms with van der Waals surface area (Å²) >= 11 is 1.71. The molecule has 0 saturated carbocycles. The number of thiazole rings is 1. The Morgan fingerprint density at radius 1 is 1.31 bits per heavy atom. The Morgan fingerprint density at radius 2 is 2.19 bits per heavy atom. The summed E-state index contributed by atoms with van der Waals surface area (Å²) < 4.78 is 4.90. The standard InChI is InChI=1S/C10H14N4OS/c1-8-9(16-7-13-8)2-4-11-5-3-10-12-6-14-15-10/h6-7,11H,2-5H2,1H3. The van der Waals surface area contributed by atoms with Crippen LogP contribution in [0.1, 0.15) is 16.5 Å². The fourth-order valence-corrected chi connectivity index (χ4v) is 2.18. The number of rotatable bonds is 6. The minimum atomic E-state index is 0.682. The molecule has 2 aromatic rings. The van der Waals surface area contributed by atoms with E-state index < -0.39 is 0 Å². The van der Waals surface area contributed by atoms with Gasteiger partial charge in [-0.3, -0.25) is 0 Å². The lowest BCUT2D eigenvalue weighted by atomic mass is 10.3. The molecule has 0 aliphatic rings. The molecule has 16 heavy (non-hydrogen) atoms. The molecule has 0 bridgehead atoms. The molecule has 0 radical (unpaired) electrons. The molecule has 2 aromatic heterocycles. The van der Waals surface area contributed by atoms with E-state index in [-0.39, 0.29) is 0 Å². The molecule has 0 aromatic carbocycles. The largest absolute Gasteiger partial charge is 0.340 e. The Bertz CT molecular complexity index is 412. The number of nitrogens with one attached hydrogen (secondary N) is 1. The third-order valence-electron chi connectivity index (χ3n) is 2.30. The fourth-order valence-electron chi connectivity index (χ4n) is 1.39. The van der Waals surface area contributed by atoms with Crippen molar-refractivity contribution >= 4 is 11.3 Å². The third-order valence-corrected chi connectivity index (χ3v) is 3.29. The topological polar surface area (TPSA) is 63.8 Å². The minimum absolute atomic E-state index is 0.682. The average molecular weight is 238 g/mol. The van der Waals surface area contributed by atoms with Gasteiger partial charge in [0.1, 0.15) is 0 Å². The highest BCUT2D eigenvalue weighted by Crippen LogP contribution is 2.11. The van der Waals surface area contributed by atoms with Gasteiger partial charge in [-0.2, -0.15) is 4.98 Å². The van der Waals surface area contributed by atoms with Crippen molar-refractivity contribution in [3.05, 3.63) is 28.3 Å². The van der Waals surface area contributed by atoms with Crippen LogP contribution in [0.5, 0.6) is 0 Å². The monoisotopic (exact) mass is 238 g/mol. The number of nitrogens with zero attached hydrogens (tertiary/aromatic N) is 3. The summed E-state index contributed by atoms with van der Waals surface area (Å²) in [6.07, 6.45) is 3.23. The van der Waals surface area contributed by atoms with Crippen LogP contribution in [0.3, 0.4) is 0 Å². The fraction of sp³-hybridized carbons (Fsp3) is 0.500. The quantitative estimate of drug-likeness (QED) is 0.766. The van der Waals surface area contributed by atoms with E-state index in [9.17, 15) is 0 Å². The second-order valence-corrected chi connectivity index (χ2v) is 4.39. The van der Waals surface area contributed by atoms with Gasteiger partial charge >= 0.3 is 0 Å². The van der Waals surface area contributed by atoms with E-state index >= 15 is 0 Å². The molecule has 2 rings (SSSR count). The van der Waals surface area contributed by atoms with Crippen LogP contribution in [0.2, 0.25) is 0 Å². The summed E-state index contributed by atoms with van der Waals surface area (Å²) in [5.74, 6) is 0.682. The number of aryl methyl sites for hydroxylation is 1. The highest BCUT2D eigenvalue weighted by atomic mass is 32.1. The van der Waals surface area contributed by atoms with E-state index in [1.165, 1.54) is 11.2 Å². The first-order valence-corrected chi connectivity index (χ1v) is 6.09. The van der Waals surface area contributed by atoms with Gasteiger partial charge in [-0.1, -0.05) is 5.16 Å². The van der Waals surface area contributed by atoms with E-state index in [2.05, 4.69) is 20.4 Å². The van der Waals surface area contributed by atoms with Crippen LogP contribution < -0.4 is 5.32 Å². The SMILES string of the molecule is Cc1ncsc1CCNCCc1ncno1. The van der Waals surface area contributed by atoms with Gasteiger partial charge in [-0.05, 0) is 13.3 Å². The van der Waals surface area contributed by atoms with Crippen LogP contribution in [0.4, 0.5) is 0 Å². The second kappa shape index (κ2) is 5.72. The van der Waals surface area contributed by atoms with E-state index in [0.29, 0.717) is 5.89 Å². The van der Waals surface area contributed by atoms with Crippen molar-refractivity contribution < 1.29 is 4.52 Å². The first kappa shape index (κ1) is 11.2. The highest BCUT2D eigenvalue weighted by Gasteiger charge is 2.01. The molecule has 6 heteroatoms. The van der Waals surface area contributed by atoms with Gasteiger partial charge in [-0.25, -0.2) is 4.98 Å². The zero-order valence-corrected chi connectivity index (χ0v) is 9.96. The molecule has 0 aliphatic carbocycles. The molecule has 0 amide bonds. The van der Waals surface area contributed by atoms with Crippen molar-refractivity contribution in [1.82, 2.24) is 20.4 Å². The maximum absolute atomic E-state index is 4.90. The van der Waals surface area contributed by atoms with E-state index in [1.807, 2.05) is 12.4 Å². The summed E-state index contributed by atoms with van der Waals surface area (Å²) in [4.78, 5) is 9.52. The number of aromatic nitrogens is 3. The van der Waals surface area contributed by atoms with Crippen LogP contribution in [-0.4, -0.2) is 28.2 Å². The molecule has 0 atom stereocenters. The molecule has 0 aliphatic heterocycles. The van der Waals surface area contributed by atoms with Gasteiger partial charge in [0.15, 0.2) is 6.33 Å². The first-order valence-electron chi connectivity index (χ1n) is 5.21. The first-order chi connectivity index (χ1) is 7.86. The average Bonchev–Trinajstić information content (AvgIpc) is 2.90. The van der Waals surface area contributed by atoms with E-state index in [4.69, 9.17) is 4.52 Å². The summed E-state index contributed by atoms with van der Waals surface area (Å²) in [5, 5.41) is 6.89. The normalized spacial score (nSPS) is 10.8. The zero-order chi connectivity index (χ0) is 11.2. The van der Waals surface area contributed by atoms with Crippen molar-refractivity contribution in [3.63, 3.8) is 0 Å². The minimum Gasteiger partial charge on any atom is -0.340 e. The van der Waals surface area contributed by atoms with Crippen LogP contribution in [-0.2, 0) is 12.8 Å². The summed E-state index contributed by atoms with van der Waals surface area (Å²) in [6, 6.07) is 0. The lowest BCUT2D eigenvalue weighted by molar-refractivity contribution is 0.375. The van der Waals surface area contributed by atoms with Crippen LogP contribution in [0.15, 0.2) is 16.4 Å². The van der Waals surface area contributed by atoms with E-state index in [1.54, 1.807) is 11.3 Å². The number of hydrogen-bond donors (Lipinski definition) is 1. The Morgan fingerprint density at radius 3 is 2.88 bits per heavy atom. The molecule has 0 saturated heterocycles. The van der Waals surface area contributed by atoms with Crippen molar-refractivity contribution in [2.75, 3.05) is 13.1 Å². The van der Waals surface area contributed by atoms with Crippen molar-refractivity contribution in [3.8, 4) is 0 Å². The Balaban J connectivity index is 1.61. The Kier molecular flexibility index (Phi) is 4.01. The molecule has 86 valence electrons. The summed E-state index contributed by atoms with van der Waals surface area (Å²) in [7, 11) is 0. The van der Waals surface area contributed by atoms with Crippen molar-refractivity contribution in [2.24, 2.45) is 0 Å². The Labute approximate surface area is 97.9 Å². The molecule has 2 heterocycles. The smallest absolute Gasteiger partial charge is 0.227 e. The van der Waals surface area contributed by atoms with Gasteiger partial charge in [0.2, 0.25) is 5.89 Å². The molecule has 0 unspecified atom stereocenters. The van der Waals surface area contributed by atoms with Crippen LogP contribution in [0.25, 0.3) is 0 Å². The Hall–Kier alpha value is -1.27. The van der Waals surface area contributed by atoms with Gasteiger partial charge < -0.3 is 9.84 Å². The lowest BCUT2D eigenvalue weighted by Gasteiger charge is -2.01. The summed E-state index contributed by atoms with van der Waals surface area (Å²) in [5.41, 5.74) is 3.03. The van der Waals surface area contributed by atoms with Gasteiger partial charge in [0.25, 0.3) is 0 Å². The van der Waals surface area contributed by atoms with Crippen LogP contribution >= 0.6 is 11.3 Å². The van der Waals surface area contributed by atoms with Crippen molar-refractivity contribution in [1.29, 1.82) is 0 Å². The maximum atomic E-state index is 4.90. The third kappa shape index (κ3) is 3.11. The van der Waals surface area contributed by atoms with Gasteiger partial charge in [0.05, 0.1) is 11.2 Å². The summed E-state index contributed by atoms with van der Waals surface area (Å²) in [6.45, 7) is 3.86. The second-order valence-electron chi connectivity index (χ2n) is 3.45. The van der Waals surface area contributed by atoms with E-state index in [0.717, 1.165) is 31.6 Å². The highest BCUT2D eigenvalue weighted by molar-refractivity contribution is 7.09. The van der Waals surface area contributed by atoms with Crippen molar-refractivity contribution in [2.45, 2.75) is 19.8 Å². The molecule has 0 spiro atoms. The lowest BCUT2D eigenvalue weighted by Crippen LogP contribution is -2.20. The van der Waals surface area contributed by atoms with Crippen LogP contribution in [0, 0.1) is 6.92 Å². The zero-order valence-electron chi connectivity index (χ0n) is 9.14. The van der Waals surface area contributed by atoms with Gasteiger partial charge in [0, 0.05) is 24.4 Å². The molecular formula is C10H14N4OS. The number of hydrogen-bond acceptors (Lipinski definition) is 6. The molecule has 0 fully saturated rings. The molecular weight excluding hydrogens is 224 g/mol. The molecule has 1 N–H and O–H groups in total. The maximum Gasteiger partial charge on any atom is 0.227 e. The predicted octanol–water partition coefficient (Wildman–Crippen LogP) is 1.21.